The Hall–Kier alpha value is -1.66. The number of nitrogens with one attached hydrogen (secondary N) is 1. The number of nitrogens with zero attached hydrogens (tertiary/aromatic N) is 1. The van der Waals surface area contributed by atoms with Crippen LogP contribution in [0.5, 0.6) is 0 Å². The van der Waals surface area contributed by atoms with Gasteiger partial charge in [-0.3, -0.25) is 14.9 Å². The lowest BCUT2D eigenvalue weighted by atomic mass is 10.1. The molecule has 1 rings (SSSR count). The second-order valence-electron chi connectivity index (χ2n) is 3.83. The molecule has 0 saturated heterocycles. The summed E-state index contributed by atoms with van der Waals surface area (Å²) in [5, 5.41) is 13.4. The molecule has 0 unspecified atom stereocenters. The highest BCUT2D eigenvalue weighted by Gasteiger charge is 2.19. The molecule has 6 nitrogen and oxygen atoms in total. The van der Waals surface area contributed by atoms with Crippen LogP contribution in [0.3, 0.4) is 0 Å². The molecule has 0 atom stereocenters. The third kappa shape index (κ3) is 4.84. The Balaban J connectivity index is 2.65. The van der Waals surface area contributed by atoms with Crippen LogP contribution < -0.4 is 5.32 Å². The molecule has 19 heavy (non-hydrogen) atoms. The fourth-order valence-electron chi connectivity index (χ4n) is 1.48. The van der Waals surface area contributed by atoms with Gasteiger partial charge in [-0.2, -0.15) is 0 Å². The largest absolute Gasteiger partial charge is 0.378 e. The second-order valence-corrected chi connectivity index (χ2v) is 4.21. The van der Waals surface area contributed by atoms with Gasteiger partial charge in [-0.25, -0.2) is 0 Å². The van der Waals surface area contributed by atoms with E-state index in [0.29, 0.717) is 19.1 Å². The van der Waals surface area contributed by atoms with Gasteiger partial charge in [0.25, 0.3) is 11.6 Å². The van der Waals surface area contributed by atoms with Crippen LogP contribution in [-0.2, 0) is 4.74 Å². The van der Waals surface area contributed by atoms with E-state index in [0.717, 1.165) is 5.56 Å². The molecule has 0 bridgehead atoms. The number of ether oxygens (including phenoxy) is 1. The van der Waals surface area contributed by atoms with Gasteiger partial charge in [0.1, 0.15) is 5.56 Å². The average molecular weight is 287 g/mol. The van der Waals surface area contributed by atoms with Crippen molar-refractivity contribution in [3.63, 3.8) is 0 Å². The summed E-state index contributed by atoms with van der Waals surface area (Å²) in [6, 6.07) is 4.42. The molecular weight excluding hydrogens is 272 g/mol. The fourth-order valence-corrected chi connectivity index (χ4v) is 1.59. The van der Waals surface area contributed by atoms with Crippen molar-refractivity contribution in [1.82, 2.24) is 5.32 Å². The van der Waals surface area contributed by atoms with E-state index < -0.39 is 10.8 Å². The minimum atomic E-state index is -0.571. The summed E-state index contributed by atoms with van der Waals surface area (Å²) in [5.41, 5.74) is 0.640. The maximum atomic E-state index is 11.9. The van der Waals surface area contributed by atoms with Crippen molar-refractivity contribution in [2.45, 2.75) is 6.92 Å². The smallest absolute Gasteiger partial charge is 0.282 e. The molecule has 1 aromatic rings. The van der Waals surface area contributed by atoms with Crippen LogP contribution in [0.2, 0.25) is 0 Å². The topological polar surface area (TPSA) is 81.5 Å². The van der Waals surface area contributed by atoms with E-state index >= 15 is 0 Å². The number of nitro groups is 1. The van der Waals surface area contributed by atoms with Gasteiger partial charge in [0, 0.05) is 18.5 Å². The van der Waals surface area contributed by atoms with Crippen molar-refractivity contribution in [2.75, 3.05) is 25.6 Å². The van der Waals surface area contributed by atoms with E-state index in [4.69, 9.17) is 16.3 Å². The van der Waals surface area contributed by atoms with Crippen LogP contribution in [0.25, 0.3) is 0 Å². The number of aryl methyl sites for hydroxylation is 1. The summed E-state index contributed by atoms with van der Waals surface area (Å²) in [5.74, 6) is -0.0954. The van der Waals surface area contributed by atoms with Gasteiger partial charge in [-0.05, 0) is 18.6 Å². The molecule has 0 aliphatic carbocycles. The van der Waals surface area contributed by atoms with Crippen molar-refractivity contribution >= 4 is 23.2 Å². The zero-order chi connectivity index (χ0) is 14.3. The number of amides is 1. The zero-order valence-electron chi connectivity index (χ0n) is 10.5. The molecule has 0 fully saturated rings. The first-order chi connectivity index (χ1) is 9.06. The lowest BCUT2D eigenvalue weighted by Gasteiger charge is -2.07. The first-order valence-corrected chi connectivity index (χ1v) is 6.26. The minimum Gasteiger partial charge on any atom is -0.378 e. The van der Waals surface area contributed by atoms with Crippen molar-refractivity contribution in [3.8, 4) is 0 Å². The molecule has 104 valence electrons. The number of carbonyl (C=O) groups is 1. The molecule has 0 aliphatic rings. The van der Waals surface area contributed by atoms with Gasteiger partial charge in [-0.15, -0.1) is 11.6 Å². The van der Waals surface area contributed by atoms with Crippen molar-refractivity contribution in [1.29, 1.82) is 0 Å². The maximum absolute atomic E-state index is 11.9. The zero-order valence-corrected chi connectivity index (χ0v) is 11.3. The van der Waals surface area contributed by atoms with Crippen molar-refractivity contribution in [3.05, 3.63) is 39.4 Å². The summed E-state index contributed by atoms with van der Waals surface area (Å²) in [7, 11) is 0. The number of hydrogen-bond acceptors (Lipinski definition) is 4. The second kappa shape index (κ2) is 7.70. The van der Waals surface area contributed by atoms with E-state index in [9.17, 15) is 14.9 Å². The average Bonchev–Trinajstić information content (AvgIpc) is 2.37. The quantitative estimate of drug-likeness (QED) is 0.359. The number of benzene rings is 1. The summed E-state index contributed by atoms with van der Waals surface area (Å²) < 4.78 is 5.09. The summed E-state index contributed by atoms with van der Waals surface area (Å²) in [4.78, 5) is 22.1. The van der Waals surface area contributed by atoms with Gasteiger partial charge in [0.2, 0.25) is 0 Å². The van der Waals surface area contributed by atoms with Gasteiger partial charge in [0.15, 0.2) is 0 Å². The Labute approximate surface area is 115 Å². The van der Waals surface area contributed by atoms with Crippen LogP contribution in [0.4, 0.5) is 5.69 Å². The summed E-state index contributed by atoms with van der Waals surface area (Å²) in [6.07, 6.45) is 0. The lowest BCUT2D eigenvalue weighted by Crippen LogP contribution is -2.28. The Morgan fingerprint density at radius 3 is 2.84 bits per heavy atom. The van der Waals surface area contributed by atoms with Crippen LogP contribution in [-0.4, -0.2) is 36.5 Å². The molecule has 7 heteroatoms. The Kier molecular flexibility index (Phi) is 6.24. The van der Waals surface area contributed by atoms with Crippen molar-refractivity contribution in [2.24, 2.45) is 0 Å². The highest BCUT2D eigenvalue weighted by Crippen LogP contribution is 2.19. The standard InChI is InChI=1S/C12H15ClN2O4/c1-9-2-3-11(15(17)18)10(8-9)12(16)14-5-7-19-6-4-13/h2-3,8H,4-7H2,1H3,(H,14,16). The van der Waals surface area contributed by atoms with Crippen LogP contribution in [0.1, 0.15) is 15.9 Å². The van der Waals surface area contributed by atoms with E-state index in [1.807, 2.05) is 0 Å². The number of nitro benzene ring substituents is 1. The predicted molar refractivity (Wildman–Crippen MR) is 71.7 cm³/mol. The Morgan fingerprint density at radius 2 is 2.21 bits per heavy atom. The lowest BCUT2D eigenvalue weighted by molar-refractivity contribution is -0.385. The van der Waals surface area contributed by atoms with Crippen LogP contribution in [0.15, 0.2) is 18.2 Å². The highest BCUT2D eigenvalue weighted by atomic mass is 35.5. The maximum Gasteiger partial charge on any atom is 0.282 e. The Bertz CT molecular complexity index is 465. The molecule has 0 heterocycles. The predicted octanol–water partition coefficient (Wildman–Crippen LogP) is 1.89. The molecule has 0 aliphatic heterocycles. The molecular formula is C12H15ClN2O4. The van der Waals surface area contributed by atoms with E-state index in [2.05, 4.69) is 5.32 Å². The van der Waals surface area contributed by atoms with Crippen LogP contribution in [0, 0.1) is 17.0 Å². The minimum absolute atomic E-state index is 0.0577. The molecule has 0 saturated carbocycles. The van der Waals surface area contributed by atoms with Crippen LogP contribution >= 0.6 is 11.6 Å². The first-order valence-electron chi connectivity index (χ1n) is 5.73. The third-order valence-electron chi connectivity index (χ3n) is 2.35. The van der Waals surface area contributed by atoms with Gasteiger partial charge in [0.05, 0.1) is 18.1 Å². The Morgan fingerprint density at radius 1 is 1.47 bits per heavy atom. The normalized spacial score (nSPS) is 10.2. The molecule has 1 N–H and O–H groups in total. The SMILES string of the molecule is Cc1ccc([N+](=O)[O-])c(C(=O)NCCOCCCl)c1. The van der Waals surface area contributed by atoms with Gasteiger partial charge >= 0.3 is 0 Å². The van der Waals surface area contributed by atoms with E-state index in [-0.39, 0.29) is 17.8 Å². The molecule has 0 aromatic heterocycles. The number of alkyl halides is 1. The van der Waals surface area contributed by atoms with Gasteiger partial charge < -0.3 is 10.1 Å². The molecule has 1 aromatic carbocycles. The monoisotopic (exact) mass is 286 g/mol. The third-order valence-corrected chi connectivity index (χ3v) is 2.50. The van der Waals surface area contributed by atoms with Gasteiger partial charge in [-0.1, -0.05) is 6.07 Å². The summed E-state index contributed by atoms with van der Waals surface area (Å²) >= 11 is 5.42. The number of carbonyl (C=O) groups excluding carboxylic acids is 1. The summed E-state index contributed by atoms with van der Waals surface area (Å²) in [6.45, 7) is 2.77. The number of rotatable bonds is 7. The molecule has 1 amide bonds. The molecule has 0 radical (unpaired) electrons. The highest BCUT2D eigenvalue weighted by molar-refractivity contribution is 6.17. The van der Waals surface area contributed by atoms with E-state index in [1.165, 1.54) is 12.1 Å². The fraction of sp³-hybridized carbons (Fsp3) is 0.417. The molecule has 0 spiro atoms. The van der Waals surface area contributed by atoms with E-state index in [1.54, 1.807) is 13.0 Å². The van der Waals surface area contributed by atoms with Crippen molar-refractivity contribution < 1.29 is 14.5 Å². The number of halogens is 1. The first kappa shape index (κ1) is 15.4. The number of hydrogen-bond donors (Lipinski definition) is 1.